The SMILES string of the molecule is CC(C)S(=O)(=O)c1ccc(Cc2nnc(NC(=O)Cc3ccc(S(C)(=O)=O)cc3)o2)cc1. The van der Waals surface area contributed by atoms with Gasteiger partial charge in [0.05, 0.1) is 27.9 Å². The summed E-state index contributed by atoms with van der Waals surface area (Å²) in [7, 11) is -6.64. The van der Waals surface area contributed by atoms with Crippen molar-refractivity contribution in [2.75, 3.05) is 11.6 Å². The van der Waals surface area contributed by atoms with Crippen molar-refractivity contribution >= 4 is 31.6 Å². The highest BCUT2D eigenvalue weighted by molar-refractivity contribution is 7.92. The van der Waals surface area contributed by atoms with Crippen LogP contribution in [0.15, 0.2) is 62.7 Å². The highest BCUT2D eigenvalue weighted by Crippen LogP contribution is 2.18. The normalized spacial score (nSPS) is 12.1. The van der Waals surface area contributed by atoms with Crippen LogP contribution in [0.5, 0.6) is 0 Å². The van der Waals surface area contributed by atoms with Gasteiger partial charge in [0.15, 0.2) is 19.7 Å². The summed E-state index contributed by atoms with van der Waals surface area (Å²) in [5.41, 5.74) is 1.41. The average Bonchev–Trinajstić information content (AvgIpc) is 3.14. The fourth-order valence-electron chi connectivity index (χ4n) is 2.82. The maximum atomic E-state index is 12.2. The van der Waals surface area contributed by atoms with Crippen molar-refractivity contribution in [1.82, 2.24) is 10.2 Å². The smallest absolute Gasteiger partial charge is 0.322 e. The number of sulfone groups is 2. The predicted molar refractivity (Wildman–Crippen MR) is 118 cm³/mol. The Hall–Kier alpha value is -3.05. The highest BCUT2D eigenvalue weighted by atomic mass is 32.2. The van der Waals surface area contributed by atoms with Crippen LogP contribution in [0.1, 0.15) is 30.9 Å². The molecule has 3 rings (SSSR count). The van der Waals surface area contributed by atoms with Crippen LogP contribution in [-0.4, -0.2) is 44.4 Å². The van der Waals surface area contributed by atoms with Crippen LogP contribution in [-0.2, 0) is 37.3 Å². The van der Waals surface area contributed by atoms with Gasteiger partial charge in [-0.15, -0.1) is 5.10 Å². The molecular formula is C21H23N3O6S2. The third-order valence-electron chi connectivity index (χ3n) is 4.66. The Morgan fingerprint density at radius 3 is 2.03 bits per heavy atom. The molecule has 0 spiro atoms. The molecule has 1 aromatic heterocycles. The van der Waals surface area contributed by atoms with E-state index in [1.807, 2.05) is 0 Å². The van der Waals surface area contributed by atoms with Crippen LogP contribution >= 0.6 is 0 Å². The topological polar surface area (TPSA) is 136 Å². The molecule has 0 saturated carbocycles. The zero-order valence-corrected chi connectivity index (χ0v) is 19.4. The maximum absolute atomic E-state index is 12.2. The third-order valence-corrected chi connectivity index (χ3v) is 7.96. The van der Waals surface area contributed by atoms with Gasteiger partial charge in [-0.25, -0.2) is 16.8 Å². The standard InChI is InChI=1S/C21H23N3O6S2/c1-14(2)32(28,29)18-10-6-16(7-11-18)13-20-23-24-21(30-20)22-19(25)12-15-4-8-17(9-5-15)31(3,26)27/h4-11,14H,12-13H2,1-3H3,(H,22,24,25). The zero-order valence-electron chi connectivity index (χ0n) is 17.8. The van der Waals surface area contributed by atoms with Crippen LogP contribution in [0.4, 0.5) is 6.01 Å². The lowest BCUT2D eigenvalue weighted by Gasteiger charge is -2.08. The summed E-state index contributed by atoms with van der Waals surface area (Å²) in [5.74, 6) is -0.132. The Morgan fingerprint density at radius 2 is 1.47 bits per heavy atom. The number of amides is 1. The first kappa shape index (κ1) is 23.6. The molecule has 0 saturated heterocycles. The lowest BCUT2D eigenvalue weighted by Crippen LogP contribution is -2.14. The number of carbonyl (C=O) groups is 1. The van der Waals surface area contributed by atoms with Gasteiger partial charge in [0.25, 0.3) is 0 Å². The van der Waals surface area contributed by atoms with Crippen LogP contribution in [0.2, 0.25) is 0 Å². The molecule has 9 nitrogen and oxygen atoms in total. The van der Waals surface area contributed by atoms with E-state index in [4.69, 9.17) is 4.42 Å². The molecule has 3 aromatic rings. The van der Waals surface area contributed by atoms with Crippen LogP contribution < -0.4 is 5.32 Å². The predicted octanol–water partition coefficient (Wildman–Crippen LogP) is 2.43. The van der Waals surface area contributed by atoms with E-state index in [2.05, 4.69) is 15.5 Å². The van der Waals surface area contributed by atoms with Crippen LogP contribution in [0.3, 0.4) is 0 Å². The Kier molecular flexibility index (Phi) is 6.79. The molecule has 0 fully saturated rings. The van der Waals surface area contributed by atoms with Crippen LogP contribution in [0, 0.1) is 0 Å². The summed E-state index contributed by atoms with van der Waals surface area (Å²) in [6.07, 6.45) is 1.40. The first-order valence-corrected chi connectivity index (χ1v) is 13.1. The second-order valence-electron chi connectivity index (χ2n) is 7.56. The molecular weight excluding hydrogens is 454 g/mol. The Morgan fingerprint density at radius 1 is 0.906 bits per heavy atom. The minimum atomic E-state index is -3.34. The molecule has 32 heavy (non-hydrogen) atoms. The summed E-state index contributed by atoms with van der Waals surface area (Å²) in [6.45, 7) is 3.25. The molecule has 2 aromatic carbocycles. The van der Waals surface area contributed by atoms with Gasteiger partial charge in [-0.3, -0.25) is 10.1 Å². The van der Waals surface area contributed by atoms with Crippen molar-refractivity contribution in [1.29, 1.82) is 0 Å². The molecule has 0 unspecified atom stereocenters. The van der Waals surface area contributed by atoms with Gasteiger partial charge in [-0.2, -0.15) is 0 Å². The van der Waals surface area contributed by atoms with Crippen molar-refractivity contribution < 1.29 is 26.0 Å². The Labute approximate surface area is 186 Å². The van der Waals surface area contributed by atoms with E-state index in [9.17, 15) is 21.6 Å². The molecule has 0 aliphatic carbocycles. The number of hydrogen-bond donors (Lipinski definition) is 1. The largest absolute Gasteiger partial charge is 0.407 e. The van der Waals surface area contributed by atoms with Crippen LogP contribution in [0.25, 0.3) is 0 Å². The van der Waals surface area contributed by atoms with Gasteiger partial charge in [-0.1, -0.05) is 29.4 Å². The van der Waals surface area contributed by atoms with E-state index in [0.717, 1.165) is 11.8 Å². The van der Waals surface area contributed by atoms with Gasteiger partial charge < -0.3 is 4.42 Å². The molecule has 0 atom stereocenters. The molecule has 0 aliphatic heterocycles. The summed E-state index contributed by atoms with van der Waals surface area (Å²) in [4.78, 5) is 12.6. The van der Waals surface area contributed by atoms with Crippen molar-refractivity contribution in [3.05, 3.63) is 65.5 Å². The molecule has 0 aliphatic rings. The van der Waals surface area contributed by atoms with Crippen molar-refractivity contribution in [3.8, 4) is 0 Å². The van der Waals surface area contributed by atoms with E-state index in [-0.39, 0.29) is 34.5 Å². The number of hydrogen-bond acceptors (Lipinski definition) is 8. The third kappa shape index (κ3) is 5.80. The minimum absolute atomic E-state index is 0.00748. The Bertz CT molecular complexity index is 1310. The lowest BCUT2D eigenvalue weighted by atomic mass is 10.1. The van der Waals surface area contributed by atoms with E-state index in [1.165, 1.54) is 12.1 Å². The van der Waals surface area contributed by atoms with Gasteiger partial charge in [0.2, 0.25) is 11.8 Å². The quantitative estimate of drug-likeness (QED) is 0.522. The highest BCUT2D eigenvalue weighted by Gasteiger charge is 2.19. The Balaban J connectivity index is 1.59. The molecule has 1 heterocycles. The summed E-state index contributed by atoms with van der Waals surface area (Å²) in [5, 5.41) is 9.69. The van der Waals surface area contributed by atoms with Gasteiger partial charge in [-0.05, 0) is 49.2 Å². The van der Waals surface area contributed by atoms with E-state index in [0.29, 0.717) is 5.56 Å². The number of nitrogens with one attached hydrogen (secondary N) is 1. The van der Waals surface area contributed by atoms with E-state index >= 15 is 0 Å². The van der Waals surface area contributed by atoms with E-state index < -0.39 is 30.8 Å². The number of carbonyl (C=O) groups excluding carboxylic acids is 1. The summed E-state index contributed by atoms with van der Waals surface area (Å²) >= 11 is 0. The van der Waals surface area contributed by atoms with Gasteiger partial charge >= 0.3 is 6.01 Å². The number of rotatable bonds is 8. The number of anilines is 1. The summed E-state index contributed by atoms with van der Waals surface area (Å²) in [6, 6.07) is 12.4. The van der Waals surface area contributed by atoms with Gasteiger partial charge in [0.1, 0.15) is 0 Å². The van der Waals surface area contributed by atoms with E-state index in [1.54, 1.807) is 50.2 Å². The lowest BCUT2D eigenvalue weighted by molar-refractivity contribution is -0.115. The monoisotopic (exact) mass is 477 g/mol. The average molecular weight is 478 g/mol. The zero-order chi connectivity index (χ0) is 23.5. The van der Waals surface area contributed by atoms with Gasteiger partial charge in [0, 0.05) is 6.26 Å². The molecule has 170 valence electrons. The number of benzene rings is 2. The second kappa shape index (κ2) is 9.21. The molecule has 0 bridgehead atoms. The first-order chi connectivity index (χ1) is 14.9. The molecule has 1 amide bonds. The molecule has 1 N–H and O–H groups in total. The van der Waals surface area contributed by atoms with Crippen molar-refractivity contribution in [3.63, 3.8) is 0 Å². The molecule has 11 heteroatoms. The number of aromatic nitrogens is 2. The molecule has 0 radical (unpaired) electrons. The summed E-state index contributed by atoms with van der Waals surface area (Å²) < 4.78 is 52.8. The first-order valence-electron chi connectivity index (χ1n) is 9.69. The number of nitrogens with zero attached hydrogens (tertiary/aromatic N) is 2. The fraction of sp³-hybridized carbons (Fsp3) is 0.286. The fourth-order valence-corrected chi connectivity index (χ4v) is 4.51. The second-order valence-corrected chi connectivity index (χ2v) is 12.1. The van der Waals surface area contributed by atoms with Crippen molar-refractivity contribution in [2.24, 2.45) is 0 Å². The maximum Gasteiger partial charge on any atom is 0.322 e. The van der Waals surface area contributed by atoms with Crippen molar-refractivity contribution in [2.45, 2.75) is 41.7 Å². The minimum Gasteiger partial charge on any atom is -0.407 e.